The van der Waals surface area contributed by atoms with Crippen molar-refractivity contribution < 1.29 is 23.7 Å². The molecule has 2 rings (SSSR count). The number of carbonyl (C=O) groups is 1. The SMILES string of the molecule is CN(C)CCOCCOCCOCCOC(=O)N(Cc1cccs1)Cc1cccs1. The van der Waals surface area contributed by atoms with Crippen LogP contribution < -0.4 is 0 Å². The van der Waals surface area contributed by atoms with Crippen LogP contribution in [0.25, 0.3) is 0 Å². The number of hydrogen-bond donors (Lipinski definition) is 0. The fourth-order valence-corrected chi connectivity index (χ4v) is 3.87. The molecule has 0 aliphatic heterocycles. The topological polar surface area (TPSA) is 60.5 Å². The van der Waals surface area contributed by atoms with E-state index in [-0.39, 0.29) is 12.7 Å². The molecule has 0 saturated heterocycles. The normalized spacial score (nSPS) is 11.2. The number of thiophene rings is 2. The van der Waals surface area contributed by atoms with Crippen molar-refractivity contribution in [1.82, 2.24) is 9.80 Å². The maximum Gasteiger partial charge on any atom is 0.410 e. The van der Waals surface area contributed by atoms with Gasteiger partial charge in [-0.15, -0.1) is 22.7 Å². The zero-order valence-electron chi connectivity index (χ0n) is 17.8. The van der Waals surface area contributed by atoms with Crippen LogP contribution >= 0.6 is 22.7 Å². The molecule has 0 aliphatic carbocycles. The van der Waals surface area contributed by atoms with E-state index in [0.717, 1.165) is 16.3 Å². The minimum Gasteiger partial charge on any atom is -0.447 e. The van der Waals surface area contributed by atoms with E-state index in [2.05, 4.69) is 4.90 Å². The summed E-state index contributed by atoms with van der Waals surface area (Å²) in [6, 6.07) is 8.02. The first kappa shape index (κ1) is 24.8. The molecule has 0 saturated carbocycles. The van der Waals surface area contributed by atoms with E-state index < -0.39 is 0 Å². The van der Waals surface area contributed by atoms with Crippen molar-refractivity contribution in [3.05, 3.63) is 44.8 Å². The summed E-state index contributed by atoms with van der Waals surface area (Å²) >= 11 is 3.26. The third-order valence-corrected chi connectivity index (χ3v) is 5.71. The molecule has 168 valence electrons. The molecule has 2 heterocycles. The molecule has 0 fully saturated rings. The van der Waals surface area contributed by atoms with Gasteiger partial charge in [0, 0.05) is 16.3 Å². The van der Waals surface area contributed by atoms with E-state index in [4.69, 9.17) is 18.9 Å². The number of nitrogens with zero attached hydrogens (tertiary/aromatic N) is 2. The van der Waals surface area contributed by atoms with Gasteiger partial charge >= 0.3 is 6.09 Å². The number of amides is 1. The molecule has 0 aliphatic rings. The minimum atomic E-state index is -0.327. The average molecular weight is 457 g/mol. The highest BCUT2D eigenvalue weighted by atomic mass is 32.1. The lowest BCUT2D eigenvalue weighted by Crippen LogP contribution is -2.31. The van der Waals surface area contributed by atoms with E-state index in [1.54, 1.807) is 27.6 Å². The van der Waals surface area contributed by atoms with E-state index in [1.807, 2.05) is 49.1 Å². The molecule has 0 radical (unpaired) electrons. The van der Waals surface area contributed by atoms with Gasteiger partial charge in [0.25, 0.3) is 0 Å². The Morgan fingerprint density at radius 2 is 1.30 bits per heavy atom. The fraction of sp³-hybridized carbons (Fsp3) is 0.571. The van der Waals surface area contributed by atoms with E-state index in [0.29, 0.717) is 52.7 Å². The predicted octanol–water partition coefficient (Wildman–Crippen LogP) is 3.56. The van der Waals surface area contributed by atoms with Gasteiger partial charge in [0.1, 0.15) is 6.61 Å². The van der Waals surface area contributed by atoms with Crippen LogP contribution in [0.5, 0.6) is 0 Å². The molecular formula is C21H32N2O5S2. The van der Waals surface area contributed by atoms with Crippen LogP contribution in [0.2, 0.25) is 0 Å². The van der Waals surface area contributed by atoms with Gasteiger partial charge in [0.15, 0.2) is 0 Å². The zero-order chi connectivity index (χ0) is 21.4. The monoisotopic (exact) mass is 456 g/mol. The van der Waals surface area contributed by atoms with Crippen LogP contribution in [0.3, 0.4) is 0 Å². The Morgan fingerprint density at radius 3 is 1.77 bits per heavy atom. The van der Waals surface area contributed by atoms with E-state index >= 15 is 0 Å². The zero-order valence-corrected chi connectivity index (χ0v) is 19.4. The van der Waals surface area contributed by atoms with Crippen LogP contribution in [0.15, 0.2) is 35.0 Å². The lowest BCUT2D eigenvalue weighted by atomic mass is 10.4. The molecular weight excluding hydrogens is 424 g/mol. The predicted molar refractivity (Wildman–Crippen MR) is 120 cm³/mol. The highest BCUT2D eigenvalue weighted by Gasteiger charge is 2.17. The molecule has 0 atom stereocenters. The van der Waals surface area contributed by atoms with Crippen LogP contribution in [0.1, 0.15) is 9.75 Å². The van der Waals surface area contributed by atoms with E-state index in [1.165, 1.54) is 0 Å². The lowest BCUT2D eigenvalue weighted by Gasteiger charge is -2.21. The number of likely N-dealkylation sites (N-methyl/N-ethyl adjacent to an activating group) is 1. The second-order valence-electron chi connectivity index (χ2n) is 6.77. The third kappa shape index (κ3) is 11.1. The van der Waals surface area contributed by atoms with Crippen LogP contribution in [0.4, 0.5) is 4.79 Å². The Morgan fingerprint density at radius 1 is 0.800 bits per heavy atom. The number of ether oxygens (including phenoxy) is 4. The summed E-state index contributed by atoms with van der Waals surface area (Å²) in [5, 5.41) is 4.02. The molecule has 0 N–H and O–H groups in total. The smallest absolute Gasteiger partial charge is 0.410 e. The largest absolute Gasteiger partial charge is 0.447 e. The Balaban J connectivity index is 1.53. The van der Waals surface area contributed by atoms with Gasteiger partial charge in [0.05, 0.1) is 52.7 Å². The standard InChI is InChI=1S/C21H32N2O5S2/c1-22(2)7-8-25-9-10-26-11-12-27-13-14-28-21(24)23(17-19-5-3-15-29-19)18-20-6-4-16-30-20/h3-6,15-16H,7-14,17-18H2,1-2H3. The van der Waals surface area contributed by atoms with Crippen molar-refractivity contribution in [2.75, 3.05) is 66.9 Å². The Kier molecular flexibility index (Phi) is 12.7. The van der Waals surface area contributed by atoms with Crippen molar-refractivity contribution in [2.24, 2.45) is 0 Å². The first-order valence-electron chi connectivity index (χ1n) is 9.99. The molecule has 2 aromatic heterocycles. The Hall–Kier alpha value is -1.49. The molecule has 0 aromatic carbocycles. The van der Waals surface area contributed by atoms with Crippen LogP contribution in [-0.2, 0) is 32.0 Å². The summed E-state index contributed by atoms with van der Waals surface area (Å²) in [5.41, 5.74) is 0. The van der Waals surface area contributed by atoms with Crippen molar-refractivity contribution in [3.63, 3.8) is 0 Å². The fourth-order valence-electron chi connectivity index (χ4n) is 2.43. The van der Waals surface area contributed by atoms with Crippen molar-refractivity contribution in [2.45, 2.75) is 13.1 Å². The second-order valence-corrected chi connectivity index (χ2v) is 8.83. The molecule has 0 bridgehead atoms. The Labute approximate surface area is 187 Å². The molecule has 7 nitrogen and oxygen atoms in total. The summed E-state index contributed by atoms with van der Waals surface area (Å²) in [4.78, 5) is 18.6. The number of carbonyl (C=O) groups excluding carboxylic acids is 1. The third-order valence-electron chi connectivity index (χ3n) is 3.99. The van der Waals surface area contributed by atoms with Gasteiger partial charge < -0.3 is 23.8 Å². The van der Waals surface area contributed by atoms with Gasteiger partial charge in [-0.2, -0.15) is 0 Å². The molecule has 2 aromatic rings. The summed E-state index contributed by atoms with van der Waals surface area (Å²) < 4.78 is 21.8. The first-order valence-corrected chi connectivity index (χ1v) is 11.8. The Bertz CT molecular complexity index is 629. The first-order chi connectivity index (χ1) is 14.6. The average Bonchev–Trinajstić information content (AvgIpc) is 3.42. The van der Waals surface area contributed by atoms with Gasteiger partial charge in [-0.3, -0.25) is 4.90 Å². The number of rotatable bonds is 16. The molecule has 1 amide bonds. The van der Waals surface area contributed by atoms with Gasteiger partial charge in [-0.1, -0.05) is 12.1 Å². The van der Waals surface area contributed by atoms with Gasteiger partial charge in [0.2, 0.25) is 0 Å². The van der Waals surface area contributed by atoms with Crippen LogP contribution in [-0.4, -0.2) is 82.8 Å². The summed E-state index contributed by atoms with van der Waals surface area (Å²) in [5.74, 6) is 0. The van der Waals surface area contributed by atoms with E-state index in [9.17, 15) is 4.79 Å². The van der Waals surface area contributed by atoms with Crippen molar-refractivity contribution in [1.29, 1.82) is 0 Å². The van der Waals surface area contributed by atoms with Crippen molar-refractivity contribution >= 4 is 28.8 Å². The number of hydrogen-bond acceptors (Lipinski definition) is 8. The van der Waals surface area contributed by atoms with Gasteiger partial charge in [-0.05, 0) is 37.0 Å². The molecule has 30 heavy (non-hydrogen) atoms. The lowest BCUT2D eigenvalue weighted by molar-refractivity contribution is 0.00135. The quantitative estimate of drug-likeness (QED) is 0.360. The molecule has 9 heteroatoms. The van der Waals surface area contributed by atoms with Crippen molar-refractivity contribution in [3.8, 4) is 0 Å². The second kappa shape index (κ2) is 15.3. The van der Waals surface area contributed by atoms with Gasteiger partial charge in [-0.25, -0.2) is 4.79 Å². The van der Waals surface area contributed by atoms with Crippen LogP contribution in [0, 0.1) is 0 Å². The maximum absolute atomic E-state index is 12.5. The highest BCUT2D eigenvalue weighted by molar-refractivity contribution is 7.10. The maximum atomic E-state index is 12.5. The molecule has 0 unspecified atom stereocenters. The highest BCUT2D eigenvalue weighted by Crippen LogP contribution is 2.17. The summed E-state index contributed by atoms with van der Waals surface area (Å²) in [6.07, 6.45) is -0.327. The summed E-state index contributed by atoms with van der Waals surface area (Å²) in [7, 11) is 4.03. The molecule has 0 spiro atoms. The summed E-state index contributed by atoms with van der Waals surface area (Å²) in [6.45, 7) is 5.34. The minimum absolute atomic E-state index is 0.220.